The lowest BCUT2D eigenvalue weighted by atomic mass is 10.2. The lowest BCUT2D eigenvalue weighted by Crippen LogP contribution is -2.31. The first kappa shape index (κ1) is 20.7. The van der Waals surface area contributed by atoms with E-state index in [0.717, 1.165) is 13.0 Å². The van der Waals surface area contributed by atoms with E-state index in [-0.39, 0.29) is 18.1 Å². The van der Waals surface area contributed by atoms with Gasteiger partial charge in [-0.2, -0.15) is 0 Å². The van der Waals surface area contributed by atoms with Crippen LogP contribution >= 0.6 is 11.8 Å². The third-order valence-electron chi connectivity index (χ3n) is 2.87. The molecule has 0 unspecified atom stereocenters. The van der Waals surface area contributed by atoms with Gasteiger partial charge in [0.15, 0.2) is 0 Å². The number of carbonyl (C=O) groups excluding carboxylic acids is 1. The molecule has 0 rings (SSSR count). The Hall–Kier alpha value is -1.28. The van der Waals surface area contributed by atoms with Crippen molar-refractivity contribution in [3.05, 3.63) is 0 Å². The molecular weight excluding hydrogens is 308 g/mol. The summed E-state index contributed by atoms with van der Waals surface area (Å²) < 4.78 is 0. The fraction of sp³-hybridized carbons (Fsp3) is 0.786. The molecule has 0 aromatic heterocycles. The molecule has 0 aliphatic heterocycles. The Kier molecular flexibility index (Phi) is 11.6. The predicted octanol–water partition coefficient (Wildman–Crippen LogP) is 1.82. The summed E-state index contributed by atoms with van der Waals surface area (Å²) in [6.07, 6.45) is 1.67. The highest BCUT2D eigenvalue weighted by atomic mass is 32.2. The third kappa shape index (κ3) is 12.5. The van der Waals surface area contributed by atoms with Crippen molar-refractivity contribution in [3.8, 4) is 0 Å². The van der Waals surface area contributed by atoms with E-state index in [1.165, 1.54) is 11.8 Å². The SMILES string of the molecule is CN(C)CCCSC(=O)N(CCCC(=O)O)CCCC(=O)O. The third-order valence-corrected chi connectivity index (χ3v) is 3.87. The maximum Gasteiger partial charge on any atom is 0.303 e. The van der Waals surface area contributed by atoms with E-state index in [9.17, 15) is 14.4 Å². The summed E-state index contributed by atoms with van der Waals surface area (Å²) >= 11 is 1.21. The Labute approximate surface area is 135 Å². The largest absolute Gasteiger partial charge is 0.481 e. The summed E-state index contributed by atoms with van der Waals surface area (Å²) in [5, 5.41) is 17.2. The summed E-state index contributed by atoms with van der Waals surface area (Å²) in [7, 11) is 3.94. The molecule has 0 saturated heterocycles. The van der Waals surface area contributed by atoms with Crippen LogP contribution in [0.4, 0.5) is 4.79 Å². The molecule has 22 heavy (non-hydrogen) atoms. The molecule has 1 amide bonds. The molecular formula is C14H26N2O5S. The number of carboxylic acids is 2. The lowest BCUT2D eigenvalue weighted by molar-refractivity contribution is -0.138. The molecule has 0 heterocycles. The molecule has 0 spiro atoms. The predicted molar refractivity (Wildman–Crippen MR) is 86.3 cm³/mol. The van der Waals surface area contributed by atoms with Crippen molar-refractivity contribution in [2.45, 2.75) is 32.1 Å². The first-order valence-electron chi connectivity index (χ1n) is 7.33. The maximum atomic E-state index is 12.1. The molecule has 2 N–H and O–H groups in total. The van der Waals surface area contributed by atoms with Gasteiger partial charge in [0, 0.05) is 31.7 Å². The maximum absolute atomic E-state index is 12.1. The van der Waals surface area contributed by atoms with Gasteiger partial charge in [0.1, 0.15) is 0 Å². The zero-order valence-electron chi connectivity index (χ0n) is 13.3. The molecule has 0 aromatic rings. The van der Waals surface area contributed by atoms with Crippen LogP contribution in [0.15, 0.2) is 0 Å². The smallest absolute Gasteiger partial charge is 0.303 e. The van der Waals surface area contributed by atoms with E-state index in [1.54, 1.807) is 4.90 Å². The van der Waals surface area contributed by atoms with Crippen LogP contribution in [0.25, 0.3) is 0 Å². The van der Waals surface area contributed by atoms with Gasteiger partial charge in [0.25, 0.3) is 5.24 Å². The molecule has 0 saturated carbocycles. The van der Waals surface area contributed by atoms with Crippen molar-refractivity contribution in [2.24, 2.45) is 0 Å². The van der Waals surface area contributed by atoms with E-state index in [1.807, 2.05) is 19.0 Å². The summed E-state index contributed by atoms with van der Waals surface area (Å²) in [6.45, 7) is 1.61. The molecule has 8 heteroatoms. The molecule has 0 aliphatic carbocycles. The number of hydrogen-bond acceptors (Lipinski definition) is 5. The van der Waals surface area contributed by atoms with Crippen molar-refractivity contribution < 1.29 is 24.6 Å². The van der Waals surface area contributed by atoms with Gasteiger partial charge in [-0.1, -0.05) is 11.8 Å². The average molecular weight is 334 g/mol. The highest BCUT2D eigenvalue weighted by molar-refractivity contribution is 8.13. The zero-order valence-corrected chi connectivity index (χ0v) is 14.1. The van der Waals surface area contributed by atoms with Gasteiger partial charge in [-0.05, 0) is 39.9 Å². The minimum absolute atomic E-state index is 0.00794. The van der Waals surface area contributed by atoms with Gasteiger partial charge in [0.05, 0.1) is 0 Å². The molecule has 0 aliphatic rings. The van der Waals surface area contributed by atoms with Gasteiger partial charge < -0.3 is 20.0 Å². The second-order valence-electron chi connectivity index (χ2n) is 5.25. The highest BCUT2D eigenvalue weighted by Gasteiger charge is 2.14. The number of carbonyl (C=O) groups is 3. The monoisotopic (exact) mass is 334 g/mol. The minimum atomic E-state index is -0.892. The zero-order chi connectivity index (χ0) is 17.0. The second kappa shape index (κ2) is 12.3. The van der Waals surface area contributed by atoms with Crippen molar-refractivity contribution in [2.75, 3.05) is 39.5 Å². The minimum Gasteiger partial charge on any atom is -0.481 e. The summed E-state index contributed by atoms with van der Waals surface area (Å²) in [6, 6.07) is 0. The van der Waals surface area contributed by atoms with E-state index >= 15 is 0 Å². The van der Waals surface area contributed by atoms with Crippen LogP contribution in [0.2, 0.25) is 0 Å². The Balaban J connectivity index is 4.19. The Bertz CT molecular complexity index is 343. The Morgan fingerprint density at radius 3 is 1.77 bits per heavy atom. The number of hydrogen-bond donors (Lipinski definition) is 2. The lowest BCUT2D eigenvalue weighted by Gasteiger charge is -2.21. The number of nitrogens with zero attached hydrogens (tertiary/aromatic N) is 2. The number of thioether (sulfide) groups is 1. The van der Waals surface area contributed by atoms with Gasteiger partial charge in [-0.3, -0.25) is 14.4 Å². The van der Waals surface area contributed by atoms with E-state index < -0.39 is 11.9 Å². The quantitative estimate of drug-likeness (QED) is 0.525. The van der Waals surface area contributed by atoms with E-state index in [4.69, 9.17) is 10.2 Å². The van der Waals surface area contributed by atoms with Crippen molar-refractivity contribution >= 4 is 28.9 Å². The van der Waals surface area contributed by atoms with Crippen LogP contribution in [-0.2, 0) is 9.59 Å². The number of rotatable bonds is 12. The molecule has 0 bridgehead atoms. The average Bonchev–Trinajstić information content (AvgIpc) is 2.40. The Morgan fingerprint density at radius 1 is 0.864 bits per heavy atom. The van der Waals surface area contributed by atoms with Crippen LogP contribution in [0, 0.1) is 0 Å². The molecule has 0 aromatic carbocycles. The summed E-state index contributed by atoms with van der Waals surface area (Å²) in [5.41, 5.74) is 0. The molecule has 7 nitrogen and oxygen atoms in total. The molecule has 0 fully saturated rings. The van der Waals surface area contributed by atoms with Crippen molar-refractivity contribution in [3.63, 3.8) is 0 Å². The van der Waals surface area contributed by atoms with E-state index in [2.05, 4.69) is 0 Å². The fourth-order valence-electron chi connectivity index (χ4n) is 1.77. The standard InChI is InChI=1S/C14H26N2O5S/c1-15(2)8-5-11-22-14(21)16(9-3-6-12(17)18)10-4-7-13(19)20/h3-11H2,1-2H3,(H,17,18)(H,19,20). The first-order chi connectivity index (χ1) is 10.3. The number of amides is 1. The van der Waals surface area contributed by atoms with Gasteiger partial charge in [-0.15, -0.1) is 0 Å². The molecule has 128 valence electrons. The van der Waals surface area contributed by atoms with Crippen LogP contribution in [-0.4, -0.2) is 76.7 Å². The normalized spacial score (nSPS) is 10.7. The number of carboxylic acid groups (broad SMARTS) is 2. The van der Waals surface area contributed by atoms with Crippen LogP contribution in [0.1, 0.15) is 32.1 Å². The summed E-state index contributed by atoms with van der Waals surface area (Å²) in [5.74, 6) is -1.08. The fourth-order valence-corrected chi connectivity index (χ4v) is 2.58. The van der Waals surface area contributed by atoms with Crippen molar-refractivity contribution in [1.82, 2.24) is 9.80 Å². The first-order valence-corrected chi connectivity index (χ1v) is 8.31. The van der Waals surface area contributed by atoms with Crippen LogP contribution in [0.5, 0.6) is 0 Å². The Morgan fingerprint density at radius 2 is 1.36 bits per heavy atom. The molecule has 0 radical (unpaired) electrons. The summed E-state index contributed by atoms with van der Waals surface area (Å²) in [4.78, 5) is 36.8. The second-order valence-corrected chi connectivity index (χ2v) is 6.30. The van der Waals surface area contributed by atoms with Gasteiger partial charge >= 0.3 is 11.9 Å². The van der Waals surface area contributed by atoms with Gasteiger partial charge in [-0.25, -0.2) is 0 Å². The van der Waals surface area contributed by atoms with E-state index in [0.29, 0.717) is 31.7 Å². The van der Waals surface area contributed by atoms with Crippen LogP contribution in [0.3, 0.4) is 0 Å². The topological polar surface area (TPSA) is 98.2 Å². The highest BCUT2D eigenvalue weighted by Crippen LogP contribution is 2.13. The van der Waals surface area contributed by atoms with Crippen LogP contribution < -0.4 is 0 Å². The van der Waals surface area contributed by atoms with Gasteiger partial charge in [0.2, 0.25) is 0 Å². The molecule has 0 atom stereocenters. The van der Waals surface area contributed by atoms with Crippen molar-refractivity contribution in [1.29, 1.82) is 0 Å². The number of aliphatic carboxylic acids is 2.